The Morgan fingerprint density at radius 2 is 0.756 bits per heavy atom. The topological polar surface area (TPSA) is 59.1 Å². The van der Waals surface area contributed by atoms with Gasteiger partial charge >= 0.3 is 10.4 Å². The zero-order valence-electron chi connectivity index (χ0n) is 22.7. The smallest absolute Gasteiger partial charge is 0.340 e. The Labute approximate surface area is 242 Å². The summed E-state index contributed by atoms with van der Waals surface area (Å²) in [4.78, 5) is 4.43. The normalized spacial score (nSPS) is 13.6. The Morgan fingerprint density at radius 3 is 1.07 bits per heavy atom. The van der Waals surface area contributed by atoms with E-state index in [0.29, 0.717) is 25.9 Å². The molecule has 0 spiro atoms. The monoisotopic (exact) mass is 564 g/mol. The van der Waals surface area contributed by atoms with Gasteiger partial charge in [-0.2, -0.15) is 8.42 Å². The molecule has 208 valence electrons. The highest BCUT2D eigenvalue weighted by Gasteiger charge is 2.20. The Kier molecular flexibility index (Phi) is 8.00. The maximum Gasteiger partial charge on any atom is 0.399 e. The van der Waals surface area contributed by atoms with E-state index in [9.17, 15) is 8.42 Å². The van der Waals surface area contributed by atoms with Gasteiger partial charge in [-0.1, -0.05) is 97.1 Å². The van der Waals surface area contributed by atoms with Gasteiger partial charge in [0.05, 0.1) is 13.2 Å². The van der Waals surface area contributed by atoms with E-state index in [1.807, 2.05) is 48.5 Å². The molecule has 0 aliphatic carbocycles. The van der Waals surface area contributed by atoms with E-state index >= 15 is 0 Å². The van der Waals surface area contributed by atoms with Gasteiger partial charge < -0.3 is 9.80 Å². The number of hydrogen-bond acceptors (Lipinski definition) is 6. The van der Waals surface area contributed by atoms with Gasteiger partial charge in [-0.15, -0.1) is 0 Å². The molecule has 0 radical (unpaired) electrons. The molecule has 2 aliphatic rings. The zero-order chi connectivity index (χ0) is 28.1. The van der Waals surface area contributed by atoms with Crippen LogP contribution in [0.1, 0.15) is 35.1 Å². The fraction of sp³-hybridized carbons (Fsp3) is 0.176. The van der Waals surface area contributed by atoms with E-state index in [1.54, 1.807) is 0 Å². The second-order valence-electron chi connectivity index (χ2n) is 9.96. The van der Waals surface area contributed by atoms with Crippen LogP contribution in [0.4, 0.5) is 22.7 Å². The minimum atomic E-state index is -4.11. The molecule has 7 heteroatoms. The number of rotatable bonds is 10. The fourth-order valence-electron chi connectivity index (χ4n) is 5.40. The second-order valence-corrected chi connectivity index (χ2v) is 11.3. The minimum Gasteiger partial charge on any atom is -0.340 e. The molecule has 4 aromatic carbocycles. The molecule has 2 heterocycles. The van der Waals surface area contributed by atoms with E-state index < -0.39 is 10.4 Å². The van der Waals surface area contributed by atoms with E-state index in [4.69, 9.17) is 8.37 Å². The molecule has 0 amide bonds. The predicted molar refractivity (Wildman–Crippen MR) is 168 cm³/mol. The molecule has 0 atom stereocenters. The summed E-state index contributed by atoms with van der Waals surface area (Å²) in [6.07, 6.45) is 9.48. The van der Waals surface area contributed by atoms with Gasteiger partial charge in [0.25, 0.3) is 0 Å². The number of hydrogen-bond donors (Lipinski definition) is 0. The van der Waals surface area contributed by atoms with Gasteiger partial charge in [-0.25, -0.2) is 8.37 Å². The third kappa shape index (κ3) is 6.12. The first-order chi connectivity index (χ1) is 20.1. The fourth-order valence-corrected chi connectivity index (χ4v) is 6.11. The van der Waals surface area contributed by atoms with Crippen molar-refractivity contribution in [2.75, 3.05) is 36.1 Å². The summed E-state index contributed by atoms with van der Waals surface area (Å²) in [7, 11) is -4.11. The number of fused-ring (bicyclic) bond motifs is 4. The Bertz CT molecular complexity index is 1480. The van der Waals surface area contributed by atoms with E-state index in [2.05, 4.69) is 82.6 Å². The van der Waals surface area contributed by atoms with Crippen LogP contribution in [0, 0.1) is 0 Å². The third-order valence-electron chi connectivity index (χ3n) is 7.30. The Balaban J connectivity index is 1.03. The first kappa shape index (κ1) is 27.0. The van der Waals surface area contributed by atoms with Gasteiger partial charge in [-0.3, -0.25) is 0 Å². The number of anilines is 4. The van der Waals surface area contributed by atoms with Crippen LogP contribution in [0.15, 0.2) is 97.1 Å². The molecule has 6 rings (SSSR count). The Morgan fingerprint density at radius 1 is 0.463 bits per heavy atom. The first-order valence-electron chi connectivity index (χ1n) is 13.9. The van der Waals surface area contributed by atoms with Crippen molar-refractivity contribution < 1.29 is 16.8 Å². The van der Waals surface area contributed by atoms with E-state index in [1.165, 1.54) is 0 Å². The van der Waals surface area contributed by atoms with Gasteiger partial charge in [-0.05, 0) is 59.4 Å². The SMILES string of the molecule is O=S(=O)(OCCCN1c2ccccc2C=Cc2ccccc21)OCCCN1c2ccccc2C=Cc2ccccc21. The van der Waals surface area contributed by atoms with Gasteiger partial charge in [0.15, 0.2) is 0 Å². The third-order valence-corrected chi connectivity index (χ3v) is 8.21. The summed E-state index contributed by atoms with van der Waals surface area (Å²) in [5, 5.41) is 0. The summed E-state index contributed by atoms with van der Waals surface area (Å²) < 4.78 is 35.6. The first-order valence-corrected chi connectivity index (χ1v) is 15.2. The maximum absolute atomic E-state index is 12.5. The average Bonchev–Trinajstić information content (AvgIpc) is 3.26. The van der Waals surface area contributed by atoms with Crippen molar-refractivity contribution in [2.24, 2.45) is 0 Å². The summed E-state index contributed by atoms with van der Waals surface area (Å²) in [6.45, 7) is 1.28. The molecule has 0 unspecified atom stereocenters. The van der Waals surface area contributed by atoms with Crippen LogP contribution < -0.4 is 9.80 Å². The lowest BCUT2D eigenvalue weighted by molar-refractivity contribution is 0.212. The number of para-hydroxylation sites is 4. The molecule has 2 aliphatic heterocycles. The number of benzene rings is 4. The molecule has 41 heavy (non-hydrogen) atoms. The van der Waals surface area contributed by atoms with Crippen molar-refractivity contribution in [3.63, 3.8) is 0 Å². The molecule has 0 fully saturated rings. The van der Waals surface area contributed by atoms with Crippen molar-refractivity contribution in [3.8, 4) is 0 Å². The molecule has 0 aromatic heterocycles. The van der Waals surface area contributed by atoms with Gasteiger partial charge in [0.2, 0.25) is 0 Å². The molecular weight excluding hydrogens is 532 g/mol. The van der Waals surface area contributed by atoms with Crippen LogP contribution >= 0.6 is 0 Å². The molecule has 0 N–H and O–H groups in total. The second kappa shape index (κ2) is 12.1. The largest absolute Gasteiger partial charge is 0.399 e. The van der Waals surface area contributed by atoms with Crippen LogP contribution in [-0.4, -0.2) is 34.7 Å². The highest BCUT2D eigenvalue weighted by molar-refractivity contribution is 7.81. The highest BCUT2D eigenvalue weighted by Crippen LogP contribution is 2.37. The molecule has 0 saturated heterocycles. The molecule has 0 saturated carbocycles. The lowest BCUT2D eigenvalue weighted by Gasteiger charge is -2.27. The minimum absolute atomic E-state index is 0.0368. The lowest BCUT2D eigenvalue weighted by atomic mass is 10.1. The van der Waals surface area contributed by atoms with Crippen LogP contribution in [0.2, 0.25) is 0 Å². The summed E-state index contributed by atoms with van der Waals surface area (Å²) in [5.74, 6) is 0. The zero-order valence-corrected chi connectivity index (χ0v) is 23.5. The molecule has 6 nitrogen and oxygen atoms in total. The van der Waals surface area contributed by atoms with Crippen molar-refractivity contribution in [3.05, 3.63) is 119 Å². The highest BCUT2D eigenvalue weighted by atomic mass is 32.3. The number of nitrogens with zero attached hydrogens (tertiary/aromatic N) is 2. The molecular formula is C34H32N2O4S. The standard InChI is InChI=1S/C34H32N2O4S/c37-41(38,39-25-9-23-35-31-15-5-1-11-27(31)19-20-28-12-2-6-16-32(28)35)40-26-10-24-36-33-17-7-3-13-29(33)21-22-30-14-4-8-18-34(30)36/h1-8,11-22H,9-10,23-26H2. The van der Waals surface area contributed by atoms with Crippen LogP contribution in [-0.2, 0) is 18.8 Å². The van der Waals surface area contributed by atoms with Crippen molar-refractivity contribution in [1.82, 2.24) is 0 Å². The van der Waals surface area contributed by atoms with Crippen molar-refractivity contribution in [1.29, 1.82) is 0 Å². The Hall–Kier alpha value is -4.17. The van der Waals surface area contributed by atoms with Crippen LogP contribution in [0.3, 0.4) is 0 Å². The van der Waals surface area contributed by atoms with Gasteiger partial charge in [0, 0.05) is 35.8 Å². The predicted octanol–water partition coefficient (Wildman–Crippen LogP) is 7.69. The summed E-state index contributed by atoms with van der Waals surface area (Å²) in [5.41, 5.74) is 8.80. The summed E-state index contributed by atoms with van der Waals surface area (Å²) in [6, 6.07) is 32.8. The lowest BCUT2D eigenvalue weighted by Crippen LogP contribution is -2.23. The quantitative estimate of drug-likeness (QED) is 0.184. The van der Waals surface area contributed by atoms with Crippen LogP contribution in [0.25, 0.3) is 24.3 Å². The average molecular weight is 565 g/mol. The van der Waals surface area contributed by atoms with Crippen LogP contribution in [0.5, 0.6) is 0 Å². The summed E-state index contributed by atoms with van der Waals surface area (Å²) >= 11 is 0. The van der Waals surface area contributed by atoms with Gasteiger partial charge in [0.1, 0.15) is 0 Å². The molecule has 0 bridgehead atoms. The van der Waals surface area contributed by atoms with Crippen molar-refractivity contribution >= 4 is 57.5 Å². The maximum atomic E-state index is 12.5. The van der Waals surface area contributed by atoms with E-state index in [-0.39, 0.29) is 13.2 Å². The van der Waals surface area contributed by atoms with Crippen molar-refractivity contribution in [2.45, 2.75) is 12.8 Å². The van der Waals surface area contributed by atoms with E-state index in [0.717, 1.165) is 45.0 Å². The molecule has 4 aromatic rings.